The summed E-state index contributed by atoms with van der Waals surface area (Å²) in [6.45, 7) is 1.45. The van der Waals surface area contributed by atoms with Crippen molar-refractivity contribution in [2.24, 2.45) is 0 Å². The molecule has 0 radical (unpaired) electrons. The molecule has 1 aromatic carbocycles. The molecule has 0 saturated heterocycles. The van der Waals surface area contributed by atoms with E-state index in [1.54, 1.807) is 24.3 Å². The van der Waals surface area contributed by atoms with Gasteiger partial charge in [0.25, 0.3) is 0 Å². The van der Waals surface area contributed by atoms with Crippen LogP contribution in [0.4, 0.5) is 0 Å². The van der Waals surface area contributed by atoms with Crippen LogP contribution in [-0.2, 0) is 0 Å². The Morgan fingerprint density at radius 3 is 2.46 bits per heavy atom. The van der Waals surface area contributed by atoms with Gasteiger partial charge in [0.2, 0.25) is 5.70 Å². The lowest BCUT2D eigenvalue weighted by Gasteiger charge is -1.93. The predicted octanol–water partition coefficient (Wildman–Crippen LogP) is 2.98. The van der Waals surface area contributed by atoms with Gasteiger partial charge in [0.1, 0.15) is 0 Å². The van der Waals surface area contributed by atoms with E-state index in [4.69, 9.17) is 11.6 Å². The van der Waals surface area contributed by atoms with E-state index in [-0.39, 0.29) is 5.70 Å². The quantitative estimate of drug-likeness (QED) is 0.540. The molecule has 1 aromatic rings. The molecule has 1 rings (SSSR count). The molecule has 13 heavy (non-hydrogen) atoms. The van der Waals surface area contributed by atoms with Crippen LogP contribution in [-0.4, -0.2) is 4.92 Å². The third-order valence-corrected chi connectivity index (χ3v) is 1.79. The third-order valence-electron chi connectivity index (χ3n) is 1.53. The van der Waals surface area contributed by atoms with E-state index >= 15 is 0 Å². The van der Waals surface area contributed by atoms with E-state index in [0.717, 1.165) is 5.56 Å². The minimum atomic E-state index is -0.422. The monoisotopic (exact) mass is 197 g/mol. The third kappa shape index (κ3) is 2.87. The van der Waals surface area contributed by atoms with Crippen LogP contribution in [0.1, 0.15) is 12.5 Å². The molecular weight excluding hydrogens is 190 g/mol. The van der Waals surface area contributed by atoms with Crippen molar-refractivity contribution in [3.8, 4) is 0 Å². The maximum atomic E-state index is 10.3. The summed E-state index contributed by atoms with van der Waals surface area (Å²) in [5.41, 5.74) is 0.890. The number of rotatable bonds is 2. The van der Waals surface area contributed by atoms with E-state index < -0.39 is 4.92 Å². The molecule has 0 bridgehead atoms. The van der Waals surface area contributed by atoms with E-state index in [2.05, 4.69) is 0 Å². The molecule has 68 valence electrons. The van der Waals surface area contributed by atoms with Crippen molar-refractivity contribution in [1.82, 2.24) is 0 Å². The smallest absolute Gasteiger partial charge is 0.243 e. The summed E-state index contributed by atoms with van der Waals surface area (Å²) in [7, 11) is 0. The summed E-state index contributed by atoms with van der Waals surface area (Å²) in [5.74, 6) is 0. The number of hydrogen-bond donors (Lipinski definition) is 0. The van der Waals surface area contributed by atoms with E-state index in [0.29, 0.717) is 5.02 Å². The zero-order chi connectivity index (χ0) is 9.84. The number of benzene rings is 1. The second-order valence-corrected chi connectivity index (χ2v) is 3.03. The molecule has 4 heteroatoms. The van der Waals surface area contributed by atoms with Crippen LogP contribution in [0.2, 0.25) is 5.02 Å². The topological polar surface area (TPSA) is 43.1 Å². The lowest BCUT2D eigenvalue weighted by molar-refractivity contribution is -0.422. The van der Waals surface area contributed by atoms with Gasteiger partial charge in [-0.25, -0.2) is 0 Å². The Morgan fingerprint density at radius 2 is 2.00 bits per heavy atom. The Hall–Kier alpha value is -1.35. The van der Waals surface area contributed by atoms with Crippen molar-refractivity contribution in [3.63, 3.8) is 0 Å². The standard InChI is InChI=1S/C9H8ClNO2/c1-7(11(12)13)6-8-2-4-9(10)5-3-8/h2-6H,1H3/b7-6+. The molecule has 0 saturated carbocycles. The van der Waals surface area contributed by atoms with Gasteiger partial charge in [-0.2, -0.15) is 0 Å². The number of hydrogen-bond acceptors (Lipinski definition) is 2. The minimum absolute atomic E-state index is 0.113. The Bertz CT molecular complexity index is 343. The maximum absolute atomic E-state index is 10.3. The second kappa shape index (κ2) is 4.05. The molecule has 0 amide bonds. The van der Waals surface area contributed by atoms with Crippen LogP contribution in [0.25, 0.3) is 6.08 Å². The highest BCUT2D eigenvalue weighted by atomic mass is 35.5. The van der Waals surface area contributed by atoms with Crippen molar-refractivity contribution in [1.29, 1.82) is 0 Å². The zero-order valence-corrected chi connectivity index (χ0v) is 7.78. The van der Waals surface area contributed by atoms with Crippen LogP contribution in [0.5, 0.6) is 0 Å². The second-order valence-electron chi connectivity index (χ2n) is 2.59. The summed E-state index contributed by atoms with van der Waals surface area (Å²) < 4.78 is 0. The summed E-state index contributed by atoms with van der Waals surface area (Å²) in [5, 5.41) is 10.9. The Morgan fingerprint density at radius 1 is 1.46 bits per heavy atom. The van der Waals surface area contributed by atoms with E-state index in [9.17, 15) is 10.1 Å². The van der Waals surface area contributed by atoms with Gasteiger partial charge in [0.05, 0.1) is 4.92 Å². The van der Waals surface area contributed by atoms with Crippen LogP contribution in [0, 0.1) is 10.1 Å². The SMILES string of the molecule is C/C(=C\c1ccc(Cl)cc1)[N+](=O)[O-]. The van der Waals surface area contributed by atoms with Crippen molar-refractivity contribution < 1.29 is 4.92 Å². The largest absolute Gasteiger partial charge is 0.259 e. The molecule has 0 spiro atoms. The van der Waals surface area contributed by atoms with Crippen LogP contribution >= 0.6 is 11.6 Å². The average molecular weight is 198 g/mol. The van der Waals surface area contributed by atoms with Gasteiger partial charge in [-0.1, -0.05) is 23.7 Å². The highest BCUT2D eigenvalue weighted by molar-refractivity contribution is 6.30. The van der Waals surface area contributed by atoms with Crippen molar-refractivity contribution >= 4 is 17.7 Å². The predicted molar refractivity (Wildman–Crippen MR) is 52.1 cm³/mol. The number of halogens is 1. The van der Waals surface area contributed by atoms with Crippen LogP contribution in [0.3, 0.4) is 0 Å². The van der Waals surface area contributed by atoms with Gasteiger partial charge in [-0.15, -0.1) is 0 Å². The van der Waals surface area contributed by atoms with E-state index in [1.807, 2.05) is 0 Å². The first-order valence-electron chi connectivity index (χ1n) is 3.68. The van der Waals surface area contributed by atoms with Crippen LogP contribution in [0.15, 0.2) is 30.0 Å². The molecule has 0 aliphatic heterocycles. The fraction of sp³-hybridized carbons (Fsp3) is 0.111. The molecule has 0 N–H and O–H groups in total. The van der Waals surface area contributed by atoms with Gasteiger partial charge in [0, 0.05) is 18.0 Å². The minimum Gasteiger partial charge on any atom is -0.259 e. The molecule has 0 aliphatic carbocycles. The summed E-state index contributed by atoms with van der Waals surface area (Å²) in [6.07, 6.45) is 1.50. The summed E-state index contributed by atoms with van der Waals surface area (Å²) in [6, 6.07) is 6.85. The van der Waals surface area contributed by atoms with Crippen molar-refractivity contribution in [3.05, 3.63) is 50.7 Å². The number of allylic oxidation sites excluding steroid dienone is 1. The molecule has 0 unspecified atom stereocenters. The average Bonchev–Trinajstić information content (AvgIpc) is 2.08. The first-order valence-corrected chi connectivity index (χ1v) is 4.05. The fourth-order valence-electron chi connectivity index (χ4n) is 0.853. The van der Waals surface area contributed by atoms with Gasteiger partial charge in [-0.3, -0.25) is 10.1 Å². The normalized spacial score (nSPS) is 11.4. The number of nitro groups is 1. The molecule has 0 aliphatic rings. The molecule has 0 heterocycles. The summed E-state index contributed by atoms with van der Waals surface area (Å²) >= 11 is 5.66. The highest BCUT2D eigenvalue weighted by Gasteiger charge is 2.00. The van der Waals surface area contributed by atoms with Gasteiger partial charge in [-0.05, 0) is 17.7 Å². The fourth-order valence-corrected chi connectivity index (χ4v) is 0.979. The first kappa shape index (κ1) is 9.74. The van der Waals surface area contributed by atoms with Crippen LogP contribution < -0.4 is 0 Å². The Labute approximate surface area is 80.8 Å². The molecular formula is C9H8ClNO2. The van der Waals surface area contributed by atoms with E-state index in [1.165, 1.54) is 13.0 Å². The Balaban J connectivity index is 2.92. The molecule has 0 aromatic heterocycles. The van der Waals surface area contributed by atoms with Crippen molar-refractivity contribution in [2.45, 2.75) is 6.92 Å². The van der Waals surface area contributed by atoms with Crippen molar-refractivity contribution in [2.75, 3.05) is 0 Å². The lowest BCUT2D eigenvalue weighted by Crippen LogP contribution is -1.92. The van der Waals surface area contributed by atoms with Gasteiger partial charge >= 0.3 is 0 Å². The summed E-state index contributed by atoms with van der Waals surface area (Å²) in [4.78, 5) is 9.86. The highest BCUT2D eigenvalue weighted by Crippen LogP contribution is 2.12. The van der Waals surface area contributed by atoms with Gasteiger partial charge < -0.3 is 0 Å². The molecule has 0 atom stereocenters. The van der Waals surface area contributed by atoms with Gasteiger partial charge in [0.15, 0.2) is 0 Å². The molecule has 0 fully saturated rings. The Kier molecular flexibility index (Phi) is 3.03. The lowest BCUT2D eigenvalue weighted by atomic mass is 10.2. The maximum Gasteiger partial charge on any atom is 0.243 e. The number of nitrogens with zero attached hydrogens (tertiary/aromatic N) is 1. The first-order chi connectivity index (χ1) is 6.09. The molecule has 3 nitrogen and oxygen atoms in total. The zero-order valence-electron chi connectivity index (χ0n) is 7.03.